The van der Waals surface area contributed by atoms with Crippen LogP contribution < -0.4 is 0 Å². The van der Waals surface area contributed by atoms with E-state index in [2.05, 4.69) is 36.8 Å². The van der Waals surface area contributed by atoms with Crippen molar-refractivity contribution in [1.82, 2.24) is 4.98 Å². The maximum Gasteiger partial charge on any atom is 0.433 e. The molecule has 0 radical (unpaired) electrons. The smallest absolute Gasteiger partial charge is 0.433 e. The van der Waals surface area contributed by atoms with Crippen LogP contribution in [0.3, 0.4) is 0 Å². The minimum absolute atomic E-state index is 0.0540. The second kappa shape index (κ2) is 3.45. The number of alkyl halides is 3. The summed E-state index contributed by atoms with van der Waals surface area (Å²) in [6.45, 7) is 0. The van der Waals surface area contributed by atoms with Gasteiger partial charge in [0, 0.05) is 0 Å². The lowest BCUT2D eigenvalue weighted by atomic mass is 10.3. The standard InChI is InChI=1S/C6H2Br2F3NO/c7-2-1-3(6(9,10)11)12-5(8)4(2)13/h1,13H. The van der Waals surface area contributed by atoms with Gasteiger partial charge in [0.15, 0.2) is 5.75 Å². The lowest BCUT2D eigenvalue weighted by Gasteiger charge is -2.07. The Morgan fingerprint density at radius 3 is 2.23 bits per heavy atom. The van der Waals surface area contributed by atoms with Crippen molar-refractivity contribution in [2.24, 2.45) is 0 Å². The van der Waals surface area contributed by atoms with Crippen LogP contribution in [0.25, 0.3) is 0 Å². The largest absolute Gasteiger partial charge is 0.504 e. The van der Waals surface area contributed by atoms with Crippen LogP contribution in [-0.4, -0.2) is 10.1 Å². The molecule has 2 nitrogen and oxygen atoms in total. The van der Waals surface area contributed by atoms with E-state index in [4.69, 9.17) is 5.11 Å². The van der Waals surface area contributed by atoms with Gasteiger partial charge in [-0.2, -0.15) is 13.2 Å². The summed E-state index contributed by atoms with van der Waals surface area (Å²) in [4.78, 5) is 3.12. The Kier molecular flexibility index (Phi) is 2.86. The van der Waals surface area contributed by atoms with Gasteiger partial charge in [0.1, 0.15) is 10.3 Å². The van der Waals surface area contributed by atoms with E-state index in [1.54, 1.807) is 0 Å². The Labute approximate surface area is 88.0 Å². The van der Waals surface area contributed by atoms with Gasteiger partial charge in [0.2, 0.25) is 0 Å². The first kappa shape index (κ1) is 10.8. The SMILES string of the molecule is Oc1c(Br)cc(C(F)(F)F)nc1Br. The van der Waals surface area contributed by atoms with Crippen molar-refractivity contribution in [3.63, 3.8) is 0 Å². The molecule has 0 saturated heterocycles. The summed E-state index contributed by atoms with van der Waals surface area (Å²) in [5, 5.41) is 9.07. The van der Waals surface area contributed by atoms with Crippen LogP contribution in [0.1, 0.15) is 5.69 Å². The Balaban J connectivity index is 3.29. The van der Waals surface area contributed by atoms with Gasteiger partial charge in [0.25, 0.3) is 0 Å². The highest BCUT2D eigenvalue weighted by atomic mass is 79.9. The van der Waals surface area contributed by atoms with E-state index in [9.17, 15) is 13.2 Å². The van der Waals surface area contributed by atoms with E-state index < -0.39 is 11.9 Å². The molecular weight excluding hydrogens is 319 g/mol. The van der Waals surface area contributed by atoms with Gasteiger partial charge in [0.05, 0.1) is 4.47 Å². The number of hydrogen-bond acceptors (Lipinski definition) is 2. The highest BCUT2D eigenvalue weighted by molar-refractivity contribution is 9.11. The van der Waals surface area contributed by atoms with Crippen LogP contribution in [0.4, 0.5) is 13.2 Å². The van der Waals surface area contributed by atoms with Gasteiger partial charge in [-0.1, -0.05) is 0 Å². The average Bonchev–Trinajstić information content (AvgIpc) is 1.97. The summed E-state index contributed by atoms with van der Waals surface area (Å²) in [6.07, 6.45) is -4.52. The number of aromatic nitrogens is 1. The molecule has 0 aromatic carbocycles. The third-order valence-corrected chi connectivity index (χ3v) is 2.35. The summed E-state index contributed by atoms with van der Waals surface area (Å²) in [6, 6.07) is 0.708. The lowest BCUT2D eigenvalue weighted by molar-refractivity contribution is -0.141. The maximum atomic E-state index is 12.1. The molecule has 0 spiro atoms. The van der Waals surface area contributed by atoms with Crippen LogP contribution in [-0.2, 0) is 6.18 Å². The molecule has 0 aliphatic carbocycles. The molecule has 0 fully saturated rings. The number of pyridine rings is 1. The second-order valence-electron chi connectivity index (χ2n) is 2.13. The Morgan fingerprint density at radius 1 is 1.31 bits per heavy atom. The van der Waals surface area contributed by atoms with Gasteiger partial charge in [-0.3, -0.25) is 0 Å². The molecule has 1 N–H and O–H groups in total. The topological polar surface area (TPSA) is 33.1 Å². The van der Waals surface area contributed by atoms with E-state index in [-0.39, 0.29) is 14.8 Å². The zero-order valence-electron chi connectivity index (χ0n) is 5.86. The minimum Gasteiger partial charge on any atom is -0.504 e. The molecule has 1 aromatic rings. The highest BCUT2D eigenvalue weighted by Crippen LogP contribution is 2.36. The number of nitrogens with zero attached hydrogens (tertiary/aromatic N) is 1. The third-order valence-electron chi connectivity index (χ3n) is 1.19. The zero-order chi connectivity index (χ0) is 10.2. The first-order valence-electron chi connectivity index (χ1n) is 2.94. The number of hydrogen-bond donors (Lipinski definition) is 1. The van der Waals surface area contributed by atoms with Gasteiger partial charge in [-0.25, -0.2) is 4.98 Å². The van der Waals surface area contributed by atoms with E-state index in [0.29, 0.717) is 6.07 Å². The predicted octanol–water partition coefficient (Wildman–Crippen LogP) is 3.33. The molecule has 1 aromatic heterocycles. The predicted molar refractivity (Wildman–Crippen MR) is 46.3 cm³/mol. The number of aromatic hydroxyl groups is 1. The van der Waals surface area contributed by atoms with E-state index in [1.165, 1.54) is 0 Å². The average molecular weight is 321 g/mol. The van der Waals surface area contributed by atoms with Crippen LogP contribution in [0, 0.1) is 0 Å². The summed E-state index contributed by atoms with van der Waals surface area (Å²) < 4.78 is 36.0. The van der Waals surface area contributed by atoms with Crippen LogP contribution in [0.2, 0.25) is 0 Å². The fourth-order valence-electron chi connectivity index (χ4n) is 0.623. The van der Waals surface area contributed by atoms with E-state index in [0.717, 1.165) is 0 Å². The fraction of sp³-hybridized carbons (Fsp3) is 0.167. The summed E-state index contributed by atoms with van der Waals surface area (Å²) in [5.41, 5.74) is -1.07. The molecule has 0 saturated carbocycles. The fourth-order valence-corrected chi connectivity index (χ4v) is 1.70. The molecule has 0 amide bonds. The zero-order valence-corrected chi connectivity index (χ0v) is 9.03. The molecule has 0 bridgehead atoms. The summed E-state index contributed by atoms with van der Waals surface area (Å²) >= 11 is 5.47. The van der Waals surface area contributed by atoms with E-state index >= 15 is 0 Å². The van der Waals surface area contributed by atoms with Crippen LogP contribution in [0.5, 0.6) is 5.75 Å². The van der Waals surface area contributed by atoms with Crippen LogP contribution in [0.15, 0.2) is 15.1 Å². The van der Waals surface area contributed by atoms with Gasteiger partial charge in [-0.15, -0.1) is 0 Å². The van der Waals surface area contributed by atoms with E-state index in [1.807, 2.05) is 0 Å². The van der Waals surface area contributed by atoms with Crippen molar-refractivity contribution in [1.29, 1.82) is 0 Å². The summed E-state index contributed by atoms with van der Waals surface area (Å²) in [5.74, 6) is -0.354. The first-order valence-corrected chi connectivity index (χ1v) is 4.53. The monoisotopic (exact) mass is 319 g/mol. The normalized spacial score (nSPS) is 11.8. The van der Waals surface area contributed by atoms with Crippen molar-refractivity contribution in [2.75, 3.05) is 0 Å². The quantitative estimate of drug-likeness (QED) is 0.744. The molecule has 1 rings (SSSR count). The number of halogens is 5. The van der Waals surface area contributed by atoms with Gasteiger partial charge >= 0.3 is 6.18 Å². The Hall–Kier alpha value is -0.300. The molecule has 1 heterocycles. The molecular formula is C6H2Br2F3NO. The molecule has 0 aliphatic rings. The third kappa shape index (κ3) is 2.34. The molecule has 0 aliphatic heterocycles. The Morgan fingerprint density at radius 2 is 1.85 bits per heavy atom. The number of rotatable bonds is 0. The maximum absolute atomic E-state index is 12.1. The highest BCUT2D eigenvalue weighted by Gasteiger charge is 2.33. The molecule has 13 heavy (non-hydrogen) atoms. The van der Waals surface area contributed by atoms with Crippen molar-refractivity contribution >= 4 is 31.9 Å². The molecule has 0 atom stereocenters. The van der Waals surface area contributed by atoms with Crippen LogP contribution >= 0.6 is 31.9 Å². The molecule has 7 heteroatoms. The first-order chi connectivity index (χ1) is 5.82. The van der Waals surface area contributed by atoms with Crippen molar-refractivity contribution in [2.45, 2.75) is 6.18 Å². The Bertz CT molecular complexity index is 316. The molecule has 0 unspecified atom stereocenters. The summed E-state index contributed by atoms with van der Waals surface area (Å²) in [7, 11) is 0. The minimum atomic E-state index is -4.52. The lowest BCUT2D eigenvalue weighted by Crippen LogP contribution is -2.07. The van der Waals surface area contributed by atoms with Gasteiger partial charge < -0.3 is 5.11 Å². The molecule has 72 valence electrons. The van der Waals surface area contributed by atoms with Crippen molar-refractivity contribution < 1.29 is 18.3 Å². The second-order valence-corrected chi connectivity index (χ2v) is 3.73. The van der Waals surface area contributed by atoms with Crippen molar-refractivity contribution in [3.8, 4) is 5.75 Å². The van der Waals surface area contributed by atoms with Crippen molar-refractivity contribution in [3.05, 3.63) is 20.8 Å². The van der Waals surface area contributed by atoms with Gasteiger partial charge in [-0.05, 0) is 37.9 Å².